The lowest BCUT2D eigenvalue weighted by molar-refractivity contribution is -0.124. The summed E-state index contributed by atoms with van der Waals surface area (Å²) in [5.74, 6) is -0.740. The van der Waals surface area contributed by atoms with Crippen LogP contribution in [0.25, 0.3) is 28.0 Å². The zero-order chi connectivity index (χ0) is 23.7. The fourth-order valence-electron chi connectivity index (χ4n) is 5.01. The summed E-state index contributed by atoms with van der Waals surface area (Å²) in [6.45, 7) is 2.38. The van der Waals surface area contributed by atoms with Crippen molar-refractivity contribution < 1.29 is 14.0 Å². The summed E-state index contributed by atoms with van der Waals surface area (Å²) in [4.78, 5) is 31.4. The summed E-state index contributed by atoms with van der Waals surface area (Å²) in [6, 6.07) is 7.39. The third-order valence-electron chi connectivity index (χ3n) is 6.57. The smallest absolute Gasteiger partial charge is 0.254 e. The standard InChI is InChI=1S/C24H20ClFN6O2/c1-12-18(11-30(2)29-12)16-4-3-14(26)8-17(16)21-22(25)31-6-5-13(7-20(31)28-21)24(34)32-10-15-9-19(32)23(33)27-15/h3-8,11,15,19H,9-10H2,1-2H3,(H,27,33)/t15-,19-/m0/s1. The van der Waals surface area contributed by atoms with Gasteiger partial charge in [0.15, 0.2) is 0 Å². The largest absolute Gasteiger partial charge is 0.350 e. The molecule has 1 N–H and O–H groups in total. The number of rotatable bonds is 3. The zero-order valence-electron chi connectivity index (χ0n) is 18.4. The van der Waals surface area contributed by atoms with Gasteiger partial charge in [0.2, 0.25) is 5.91 Å². The van der Waals surface area contributed by atoms with Crippen molar-refractivity contribution in [1.82, 2.24) is 29.4 Å². The average Bonchev–Trinajstić information content (AvgIpc) is 3.55. The van der Waals surface area contributed by atoms with E-state index in [-0.39, 0.29) is 17.9 Å². The highest BCUT2D eigenvalue weighted by Crippen LogP contribution is 2.38. The Kier molecular flexibility index (Phi) is 4.54. The molecule has 4 aromatic rings. The van der Waals surface area contributed by atoms with Crippen LogP contribution in [0.1, 0.15) is 22.5 Å². The molecule has 0 saturated carbocycles. The van der Waals surface area contributed by atoms with E-state index in [1.165, 1.54) is 12.1 Å². The monoisotopic (exact) mass is 478 g/mol. The van der Waals surface area contributed by atoms with E-state index in [0.717, 1.165) is 16.8 Å². The number of aromatic nitrogens is 4. The highest BCUT2D eigenvalue weighted by Gasteiger charge is 2.46. The molecule has 3 aromatic heterocycles. The first-order valence-corrected chi connectivity index (χ1v) is 11.3. The van der Waals surface area contributed by atoms with E-state index in [2.05, 4.69) is 15.4 Å². The van der Waals surface area contributed by atoms with Crippen molar-refractivity contribution in [1.29, 1.82) is 0 Å². The second kappa shape index (κ2) is 7.39. The van der Waals surface area contributed by atoms with Crippen molar-refractivity contribution in [3.05, 3.63) is 65.0 Å². The van der Waals surface area contributed by atoms with Crippen LogP contribution >= 0.6 is 11.6 Å². The predicted molar refractivity (Wildman–Crippen MR) is 124 cm³/mol. The molecule has 2 fully saturated rings. The number of imidazole rings is 1. The van der Waals surface area contributed by atoms with E-state index in [0.29, 0.717) is 40.6 Å². The van der Waals surface area contributed by atoms with Gasteiger partial charge in [0.05, 0.1) is 5.69 Å². The maximum absolute atomic E-state index is 14.3. The number of likely N-dealkylation sites (tertiary alicyclic amines) is 1. The SMILES string of the molecule is Cc1nn(C)cc1-c1ccc(F)cc1-c1nc2cc(C(=O)N3C[C@@H]4C[C@H]3C(=O)N4)ccn2c1Cl. The third kappa shape index (κ3) is 3.11. The van der Waals surface area contributed by atoms with Gasteiger partial charge in [-0.15, -0.1) is 0 Å². The first kappa shape index (κ1) is 20.9. The molecule has 6 rings (SSSR count). The van der Waals surface area contributed by atoms with Crippen LogP contribution in [0.4, 0.5) is 4.39 Å². The second-order valence-corrected chi connectivity index (χ2v) is 9.16. The number of pyridine rings is 1. The van der Waals surface area contributed by atoms with E-state index in [1.54, 1.807) is 38.4 Å². The van der Waals surface area contributed by atoms with Gasteiger partial charge in [-0.05, 0) is 43.2 Å². The molecule has 34 heavy (non-hydrogen) atoms. The van der Waals surface area contributed by atoms with Gasteiger partial charge in [0.1, 0.15) is 28.4 Å². The topological polar surface area (TPSA) is 84.5 Å². The number of carbonyl (C=O) groups excluding carboxylic acids is 2. The van der Waals surface area contributed by atoms with E-state index in [1.807, 2.05) is 20.2 Å². The van der Waals surface area contributed by atoms with Gasteiger partial charge in [-0.3, -0.25) is 18.7 Å². The fraction of sp³-hybridized carbons (Fsp3) is 0.250. The highest BCUT2D eigenvalue weighted by atomic mass is 35.5. The summed E-state index contributed by atoms with van der Waals surface area (Å²) in [5, 5.41) is 7.57. The van der Waals surface area contributed by atoms with Crippen molar-refractivity contribution in [3.63, 3.8) is 0 Å². The van der Waals surface area contributed by atoms with Gasteiger partial charge in [-0.1, -0.05) is 17.7 Å². The number of piperazine rings is 1. The Hall–Kier alpha value is -3.72. The summed E-state index contributed by atoms with van der Waals surface area (Å²) in [6.07, 6.45) is 4.18. The Morgan fingerprint density at radius 2 is 2.03 bits per heavy atom. The molecule has 0 spiro atoms. The number of hydrogen-bond acceptors (Lipinski definition) is 4. The predicted octanol–water partition coefficient (Wildman–Crippen LogP) is 3.22. The molecule has 2 saturated heterocycles. The summed E-state index contributed by atoms with van der Waals surface area (Å²) < 4.78 is 17.7. The highest BCUT2D eigenvalue weighted by molar-refractivity contribution is 6.32. The molecular weight excluding hydrogens is 459 g/mol. The molecule has 2 amide bonds. The van der Waals surface area contributed by atoms with Gasteiger partial charge in [-0.2, -0.15) is 5.10 Å². The van der Waals surface area contributed by atoms with Gasteiger partial charge in [-0.25, -0.2) is 9.37 Å². The van der Waals surface area contributed by atoms with E-state index in [9.17, 15) is 14.0 Å². The first-order chi connectivity index (χ1) is 16.3. The zero-order valence-corrected chi connectivity index (χ0v) is 19.2. The minimum Gasteiger partial charge on any atom is -0.350 e. The van der Waals surface area contributed by atoms with Crippen molar-refractivity contribution in [3.8, 4) is 22.4 Å². The molecule has 8 nitrogen and oxygen atoms in total. The Balaban J connectivity index is 1.43. The van der Waals surface area contributed by atoms with Gasteiger partial charge in [0, 0.05) is 48.7 Å². The molecule has 10 heteroatoms. The van der Waals surface area contributed by atoms with Gasteiger partial charge in [0.25, 0.3) is 5.91 Å². The second-order valence-electron chi connectivity index (χ2n) is 8.80. The van der Waals surface area contributed by atoms with E-state index < -0.39 is 11.9 Å². The third-order valence-corrected chi connectivity index (χ3v) is 6.93. The quantitative estimate of drug-likeness (QED) is 0.490. The van der Waals surface area contributed by atoms with Crippen LogP contribution < -0.4 is 5.32 Å². The van der Waals surface area contributed by atoms with E-state index in [4.69, 9.17) is 11.6 Å². The molecule has 1 aromatic carbocycles. The summed E-state index contributed by atoms with van der Waals surface area (Å²) in [5.41, 5.74) is 4.22. The molecule has 2 atom stereocenters. The Bertz CT molecular complexity index is 1510. The number of nitrogens with one attached hydrogen (secondary N) is 1. The molecule has 0 radical (unpaired) electrons. The number of amides is 2. The number of halogens is 2. The van der Waals surface area contributed by atoms with E-state index >= 15 is 0 Å². The first-order valence-electron chi connectivity index (χ1n) is 10.9. The number of carbonyl (C=O) groups is 2. The number of nitrogens with zero attached hydrogens (tertiary/aromatic N) is 5. The minimum absolute atomic E-state index is 0.0139. The van der Waals surface area contributed by atoms with Crippen LogP contribution in [0.5, 0.6) is 0 Å². The van der Waals surface area contributed by atoms with Crippen molar-refractivity contribution in [2.75, 3.05) is 6.54 Å². The molecule has 2 aliphatic heterocycles. The average molecular weight is 479 g/mol. The lowest BCUT2D eigenvalue weighted by Crippen LogP contribution is -2.50. The fourth-order valence-corrected chi connectivity index (χ4v) is 5.29. The van der Waals surface area contributed by atoms with Crippen molar-refractivity contribution in [2.24, 2.45) is 7.05 Å². The number of hydrogen-bond donors (Lipinski definition) is 1. The van der Waals surface area contributed by atoms with Crippen LogP contribution in [0, 0.1) is 12.7 Å². The minimum atomic E-state index is -0.426. The summed E-state index contributed by atoms with van der Waals surface area (Å²) >= 11 is 6.69. The maximum atomic E-state index is 14.3. The van der Waals surface area contributed by atoms with Crippen molar-refractivity contribution >= 4 is 29.1 Å². The Morgan fingerprint density at radius 3 is 2.74 bits per heavy atom. The summed E-state index contributed by atoms with van der Waals surface area (Å²) in [7, 11) is 1.83. The molecule has 2 bridgehead atoms. The lowest BCUT2D eigenvalue weighted by atomic mass is 9.98. The normalized spacial score (nSPS) is 19.3. The molecule has 0 unspecified atom stereocenters. The van der Waals surface area contributed by atoms with Crippen LogP contribution in [0.15, 0.2) is 42.7 Å². The molecule has 0 aliphatic carbocycles. The molecule has 5 heterocycles. The molecule has 172 valence electrons. The van der Waals surface area contributed by atoms with Crippen LogP contribution in [-0.2, 0) is 11.8 Å². The van der Waals surface area contributed by atoms with Crippen molar-refractivity contribution in [2.45, 2.75) is 25.4 Å². The molecular formula is C24H20ClFN6O2. The molecule has 2 aliphatic rings. The van der Waals surface area contributed by atoms with Crippen LogP contribution in [0.3, 0.4) is 0 Å². The lowest BCUT2D eigenvalue weighted by Gasteiger charge is -2.26. The maximum Gasteiger partial charge on any atom is 0.254 e. The Labute approximate surface area is 199 Å². The Morgan fingerprint density at radius 1 is 1.21 bits per heavy atom. The van der Waals surface area contributed by atoms with Crippen LogP contribution in [-0.4, -0.2) is 54.5 Å². The number of benzene rings is 1. The number of aryl methyl sites for hydroxylation is 2. The van der Waals surface area contributed by atoms with Crippen LogP contribution in [0.2, 0.25) is 5.15 Å². The van der Waals surface area contributed by atoms with Gasteiger partial charge >= 0.3 is 0 Å². The van der Waals surface area contributed by atoms with Gasteiger partial charge < -0.3 is 10.2 Å². The number of fused-ring (bicyclic) bond motifs is 3.